The third-order valence-corrected chi connectivity index (χ3v) is 5.86. The van der Waals surface area contributed by atoms with Crippen molar-refractivity contribution in [1.29, 1.82) is 0 Å². The molecule has 0 spiro atoms. The normalized spacial score (nSPS) is 14.6. The van der Waals surface area contributed by atoms with E-state index in [-0.39, 0.29) is 11.9 Å². The zero-order valence-electron chi connectivity index (χ0n) is 19.1. The number of rotatable bonds is 10. The van der Waals surface area contributed by atoms with Gasteiger partial charge >= 0.3 is 0 Å². The number of carbonyl (C=O) groups is 1. The fraction of sp³-hybridized carbons (Fsp3) is 0.346. The van der Waals surface area contributed by atoms with Crippen LogP contribution in [0.4, 0.5) is 0 Å². The van der Waals surface area contributed by atoms with E-state index in [0.717, 1.165) is 37.3 Å². The van der Waals surface area contributed by atoms with Gasteiger partial charge in [0.1, 0.15) is 12.4 Å². The van der Waals surface area contributed by atoms with Crippen molar-refractivity contribution < 1.29 is 23.4 Å². The maximum Gasteiger partial charge on any atom is 0.251 e. The molecule has 1 fully saturated rings. The SMILES string of the molecule is COc1cc(C(=O)NCC(c2ccco2)N2CCCC2)cc(OC)c1OCc1ccccc1. The lowest BCUT2D eigenvalue weighted by Crippen LogP contribution is -2.36. The number of furan rings is 1. The number of benzene rings is 2. The van der Waals surface area contributed by atoms with Gasteiger partial charge in [0, 0.05) is 12.1 Å². The molecule has 1 aliphatic heterocycles. The standard InChI is InChI=1S/C26H30N2O5/c1-30-23-15-20(16-24(31-2)25(23)33-18-19-9-4-3-5-10-19)26(29)27-17-21(22-11-8-14-32-22)28-12-6-7-13-28/h3-5,8-11,14-16,21H,6-7,12-13,17-18H2,1-2H3,(H,27,29). The Morgan fingerprint density at radius 3 is 2.33 bits per heavy atom. The minimum atomic E-state index is -0.211. The summed E-state index contributed by atoms with van der Waals surface area (Å²) in [5, 5.41) is 3.05. The van der Waals surface area contributed by atoms with Gasteiger partial charge in [0.2, 0.25) is 5.75 Å². The van der Waals surface area contributed by atoms with Crippen LogP contribution in [0.5, 0.6) is 17.2 Å². The number of carbonyl (C=O) groups excluding carboxylic acids is 1. The Hall–Kier alpha value is -3.45. The Kier molecular flexibility index (Phi) is 7.52. The van der Waals surface area contributed by atoms with E-state index in [4.69, 9.17) is 18.6 Å². The van der Waals surface area contributed by atoms with Crippen LogP contribution >= 0.6 is 0 Å². The van der Waals surface area contributed by atoms with Gasteiger partial charge < -0.3 is 23.9 Å². The molecule has 2 aromatic carbocycles. The smallest absolute Gasteiger partial charge is 0.251 e. The van der Waals surface area contributed by atoms with Gasteiger partial charge in [-0.1, -0.05) is 30.3 Å². The van der Waals surface area contributed by atoms with E-state index in [0.29, 0.717) is 36.0 Å². The average molecular weight is 451 g/mol. The number of amides is 1. The van der Waals surface area contributed by atoms with Gasteiger partial charge in [0.05, 0.1) is 26.5 Å². The van der Waals surface area contributed by atoms with Crippen LogP contribution in [0.25, 0.3) is 0 Å². The molecule has 1 atom stereocenters. The van der Waals surface area contributed by atoms with E-state index in [1.807, 2.05) is 42.5 Å². The zero-order chi connectivity index (χ0) is 23.0. The second-order valence-electron chi connectivity index (χ2n) is 7.97. The fourth-order valence-corrected chi connectivity index (χ4v) is 4.12. The van der Waals surface area contributed by atoms with E-state index in [1.165, 1.54) is 0 Å². The van der Waals surface area contributed by atoms with Gasteiger partial charge in [-0.25, -0.2) is 0 Å². The summed E-state index contributed by atoms with van der Waals surface area (Å²) in [5.74, 6) is 2.00. The lowest BCUT2D eigenvalue weighted by Gasteiger charge is -2.26. The minimum absolute atomic E-state index is 0.00344. The van der Waals surface area contributed by atoms with Crippen LogP contribution in [-0.4, -0.2) is 44.7 Å². The summed E-state index contributed by atoms with van der Waals surface area (Å²) in [6, 6.07) is 17.0. The van der Waals surface area contributed by atoms with E-state index in [9.17, 15) is 4.79 Å². The number of likely N-dealkylation sites (tertiary alicyclic amines) is 1. The molecule has 33 heavy (non-hydrogen) atoms. The van der Waals surface area contributed by atoms with Crippen molar-refractivity contribution in [1.82, 2.24) is 10.2 Å². The molecule has 1 amide bonds. The number of ether oxygens (including phenoxy) is 3. The fourth-order valence-electron chi connectivity index (χ4n) is 4.12. The molecular weight excluding hydrogens is 420 g/mol. The molecule has 1 aliphatic rings. The summed E-state index contributed by atoms with van der Waals surface area (Å²) >= 11 is 0. The maximum atomic E-state index is 13.0. The van der Waals surface area contributed by atoms with E-state index < -0.39 is 0 Å². The van der Waals surface area contributed by atoms with Crippen molar-refractivity contribution in [2.45, 2.75) is 25.5 Å². The second kappa shape index (κ2) is 10.9. The predicted octanol–water partition coefficient (Wildman–Crippen LogP) is 4.44. The molecule has 1 N–H and O–H groups in total. The monoisotopic (exact) mass is 450 g/mol. The van der Waals surface area contributed by atoms with Gasteiger partial charge in [-0.3, -0.25) is 9.69 Å². The van der Waals surface area contributed by atoms with Crippen LogP contribution in [0.15, 0.2) is 65.3 Å². The average Bonchev–Trinajstić information content (AvgIpc) is 3.58. The Morgan fingerprint density at radius 2 is 1.73 bits per heavy atom. The first-order chi connectivity index (χ1) is 16.2. The minimum Gasteiger partial charge on any atom is -0.493 e. The predicted molar refractivity (Wildman–Crippen MR) is 125 cm³/mol. The van der Waals surface area contributed by atoms with Crippen molar-refractivity contribution in [3.8, 4) is 17.2 Å². The summed E-state index contributed by atoms with van der Waals surface area (Å²) < 4.78 is 22.7. The van der Waals surface area contributed by atoms with Crippen molar-refractivity contribution in [2.75, 3.05) is 33.9 Å². The second-order valence-corrected chi connectivity index (χ2v) is 7.97. The molecule has 1 aromatic heterocycles. The molecular formula is C26H30N2O5. The van der Waals surface area contributed by atoms with E-state index in [1.54, 1.807) is 32.6 Å². The largest absolute Gasteiger partial charge is 0.493 e. The molecule has 0 radical (unpaired) electrons. The quantitative estimate of drug-likeness (QED) is 0.492. The molecule has 0 bridgehead atoms. The number of hydrogen-bond donors (Lipinski definition) is 1. The van der Waals surface area contributed by atoms with Crippen LogP contribution in [0.3, 0.4) is 0 Å². The van der Waals surface area contributed by atoms with Crippen molar-refractivity contribution >= 4 is 5.91 Å². The van der Waals surface area contributed by atoms with E-state index in [2.05, 4.69) is 10.2 Å². The molecule has 174 valence electrons. The highest BCUT2D eigenvalue weighted by molar-refractivity contribution is 5.95. The molecule has 4 rings (SSSR count). The zero-order valence-corrected chi connectivity index (χ0v) is 19.1. The molecule has 1 saturated heterocycles. The lowest BCUT2D eigenvalue weighted by molar-refractivity contribution is 0.0933. The Labute approximate surface area is 194 Å². The van der Waals surface area contributed by atoms with Crippen molar-refractivity contribution in [3.63, 3.8) is 0 Å². The van der Waals surface area contributed by atoms with Crippen molar-refractivity contribution in [2.24, 2.45) is 0 Å². The lowest BCUT2D eigenvalue weighted by atomic mass is 10.1. The van der Waals surface area contributed by atoms with Crippen molar-refractivity contribution in [3.05, 3.63) is 77.7 Å². The van der Waals surface area contributed by atoms with Crippen LogP contribution < -0.4 is 19.5 Å². The highest BCUT2D eigenvalue weighted by Gasteiger charge is 2.26. The topological polar surface area (TPSA) is 73.2 Å². The summed E-state index contributed by atoms with van der Waals surface area (Å²) in [7, 11) is 3.10. The Morgan fingerprint density at radius 1 is 1.03 bits per heavy atom. The summed E-state index contributed by atoms with van der Waals surface area (Å²) in [6.07, 6.45) is 3.98. The molecule has 0 aliphatic carbocycles. The Bertz CT molecular complexity index is 1010. The third kappa shape index (κ3) is 5.49. The van der Waals surface area contributed by atoms with E-state index >= 15 is 0 Å². The summed E-state index contributed by atoms with van der Waals surface area (Å²) in [5.41, 5.74) is 1.46. The number of nitrogens with zero attached hydrogens (tertiary/aromatic N) is 1. The first kappa shape index (κ1) is 22.7. The molecule has 3 aromatic rings. The maximum absolute atomic E-state index is 13.0. The third-order valence-electron chi connectivity index (χ3n) is 5.86. The summed E-state index contributed by atoms with van der Waals surface area (Å²) in [6.45, 7) is 2.80. The molecule has 0 saturated carbocycles. The first-order valence-corrected chi connectivity index (χ1v) is 11.2. The molecule has 1 unspecified atom stereocenters. The highest BCUT2D eigenvalue weighted by atomic mass is 16.5. The van der Waals surface area contributed by atoms with Crippen LogP contribution in [0, 0.1) is 0 Å². The van der Waals surface area contributed by atoms with Gasteiger partial charge in [-0.15, -0.1) is 0 Å². The number of methoxy groups -OCH3 is 2. The van der Waals surface area contributed by atoms with Gasteiger partial charge in [-0.05, 0) is 55.8 Å². The number of hydrogen-bond acceptors (Lipinski definition) is 6. The summed E-state index contributed by atoms with van der Waals surface area (Å²) in [4.78, 5) is 15.4. The molecule has 7 heteroatoms. The Balaban J connectivity index is 1.48. The van der Waals surface area contributed by atoms with Crippen LogP contribution in [0.1, 0.15) is 40.6 Å². The highest BCUT2D eigenvalue weighted by Crippen LogP contribution is 2.39. The number of nitrogens with one attached hydrogen (secondary N) is 1. The van der Waals surface area contributed by atoms with Gasteiger partial charge in [-0.2, -0.15) is 0 Å². The van der Waals surface area contributed by atoms with Crippen LogP contribution in [-0.2, 0) is 6.61 Å². The van der Waals surface area contributed by atoms with Gasteiger partial charge in [0.15, 0.2) is 11.5 Å². The molecule has 2 heterocycles. The van der Waals surface area contributed by atoms with Gasteiger partial charge in [0.25, 0.3) is 5.91 Å². The molecule has 7 nitrogen and oxygen atoms in total. The van der Waals surface area contributed by atoms with Crippen LogP contribution in [0.2, 0.25) is 0 Å². The first-order valence-electron chi connectivity index (χ1n) is 11.2.